The van der Waals surface area contributed by atoms with E-state index in [-0.39, 0.29) is 18.3 Å². The Morgan fingerprint density at radius 2 is 1.94 bits per heavy atom. The molecule has 1 heterocycles. The van der Waals surface area contributed by atoms with Gasteiger partial charge >= 0.3 is 11.9 Å². The fraction of sp³-hybridized carbons (Fsp3) is 0.304. The molecule has 2 amide bonds. The number of carbonyl (C=O) groups is 4. The quantitative estimate of drug-likeness (QED) is 0.276. The average molecular weight is 489 g/mol. The molecule has 0 unspecified atom stereocenters. The number of carbonyl (C=O) groups excluding carboxylic acids is 3. The van der Waals surface area contributed by atoms with Gasteiger partial charge in [-0.05, 0) is 56.4 Å². The number of aliphatic carboxylic acids is 1. The van der Waals surface area contributed by atoms with Crippen LogP contribution in [0.5, 0.6) is 0 Å². The van der Waals surface area contributed by atoms with E-state index in [1.807, 2.05) is 0 Å². The Morgan fingerprint density at radius 1 is 1.15 bits per heavy atom. The third-order valence-corrected chi connectivity index (χ3v) is 6.95. The maximum absolute atomic E-state index is 12.6. The van der Waals surface area contributed by atoms with Crippen LogP contribution in [0.4, 0.5) is 10.7 Å². The molecular weight excluding hydrogens is 464 g/mol. The number of anilines is 2. The van der Waals surface area contributed by atoms with Crippen LogP contribution in [0.2, 0.25) is 0 Å². The molecule has 0 atom stereocenters. The van der Waals surface area contributed by atoms with Crippen molar-refractivity contribution in [1.82, 2.24) is 0 Å². The van der Waals surface area contributed by atoms with Crippen molar-refractivity contribution in [3.05, 3.63) is 52.4 Å². The average Bonchev–Trinajstić information content (AvgIpc) is 3.14. The fourth-order valence-electron chi connectivity index (χ4n) is 3.38. The molecule has 10 heteroatoms. The van der Waals surface area contributed by atoms with Crippen LogP contribution in [0.1, 0.15) is 40.6 Å². The van der Waals surface area contributed by atoms with Crippen molar-refractivity contribution < 1.29 is 29.0 Å². The van der Waals surface area contributed by atoms with Gasteiger partial charge in [0.25, 0.3) is 0 Å². The third-order valence-electron chi connectivity index (χ3n) is 4.75. The molecule has 0 saturated carbocycles. The van der Waals surface area contributed by atoms with Gasteiger partial charge in [-0.15, -0.1) is 23.1 Å². The second kappa shape index (κ2) is 11.7. The molecule has 3 rings (SSSR count). The van der Waals surface area contributed by atoms with E-state index in [1.54, 1.807) is 31.2 Å². The number of nitrogens with one attached hydrogen (secondary N) is 2. The normalized spacial score (nSPS) is 12.8. The molecule has 0 saturated heterocycles. The van der Waals surface area contributed by atoms with Crippen LogP contribution in [0, 0.1) is 0 Å². The zero-order valence-electron chi connectivity index (χ0n) is 18.0. The van der Waals surface area contributed by atoms with Gasteiger partial charge in [0.2, 0.25) is 11.8 Å². The summed E-state index contributed by atoms with van der Waals surface area (Å²) in [7, 11) is 0. The highest BCUT2D eigenvalue weighted by Crippen LogP contribution is 2.38. The maximum atomic E-state index is 12.6. The van der Waals surface area contributed by atoms with Crippen LogP contribution in [0.3, 0.4) is 0 Å². The Balaban J connectivity index is 1.63. The molecule has 1 aromatic heterocycles. The Bertz CT molecular complexity index is 1090. The summed E-state index contributed by atoms with van der Waals surface area (Å²) in [6.07, 6.45) is 5.47. The van der Waals surface area contributed by atoms with Gasteiger partial charge in [-0.3, -0.25) is 9.59 Å². The van der Waals surface area contributed by atoms with E-state index < -0.39 is 17.8 Å². The van der Waals surface area contributed by atoms with E-state index >= 15 is 0 Å². The topological polar surface area (TPSA) is 122 Å². The number of amides is 2. The number of benzene rings is 1. The molecule has 1 aliphatic carbocycles. The Kier molecular flexibility index (Phi) is 8.67. The van der Waals surface area contributed by atoms with E-state index in [0.29, 0.717) is 16.3 Å². The van der Waals surface area contributed by atoms with Crippen molar-refractivity contribution in [2.75, 3.05) is 23.0 Å². The molecule has 0 spiro atoms. The summed E-state index contributed by atoms with van der Waals surface area (Å²) >= 11 is 2.72. The summed E-state index contributed by atoms with van der Waals surface area (Å²) in [5.41, 5.74) is 1.96. The highest BCUT2D eigenvalue weighted by Gasteiger charge is 2.27. The smallest absolute Gasteiger partial charge is 0.341 e. The van der Waals surface area contributed by atoms with Crippen LogP contribution < -0.4 is 10.6 Å². The van der Waals surface area contributed by atoms with Gasteiger partial charge in [0, 0.05) is 27.6 Å². The summed E-state index contributed by atoms with van der Waals surface area (Å²) in [5, 5.41) is 14.6. The maximum Gasteiger partial charge on any atom is 0.341 e. The summed E-state index contributed by atoms with van der Waals surface area (Å²) < 4.78 is 5.22. The molecule has 1 aromatic carbocycles. The summed E-state index contributed by atoms with van der Waals surface area (Å²) in [5.74, 6) is -2.31. The Labute approximate surface area is 199 Å². The molecule has 0 radical (unpaired) electrons. The van der Waals surface area contributed by atoms with Crippen molar-refractivity contribution in [3.63, 3.8) is 0 Å². The number of fused-ring (bicyclic) bond motifs is 1. The van der Waals surface area contributed by atoms with Gasteiger partial charge in [0.1, 0.15) is 5.00 Å². The first-order chi connectivity index (χ1) is 15.9. The van der Waals surface area contributed by atoms with E-state index in [0.717, 1.165) is 53.2 Å². The number of carboxylic acids is 1. The first-order valence-electron chi connectivity index (χ1n) is 10.4. The molecule has 0 aliphatic heterocycles. The number of carboxylic acid groups (broad SMARTS) is 1. The number of esters is 1. The lowest BCUT2D eigenvalue weighted by Crippen LogP contribution is -2.17. The van der Waals surface area contributed by atoms with Crippen LogP contribution >= 0.6 is 23.1 Å². The molecular formula is C23H24N2O6S2. The second-order valence-corrected chi connectivity index (χ2v) is 9.31. The molecule has 174 valence electrons. The number of thioether (sulfide) groups is 1. The Morgan fingerprint density at radius 3 is 2.70 bits per heavy atom. The minimum atomic E-state index is -1.21. The van der Waals surface area contributed by atoms with Crippen LogP contribution in [-0.4, -0.2) is 41.2 Å². The number of rotatable bonds is 9. The van der Waals surface area contributed by atoms with Gasteiger partial charge in [-0.25, -0.2) is 9.59 Å². The summed E-state index contributed by atoms with van der Waals surface area (Å²) in [6, 6.07) is 6.88. The zero-order valence-corrected chi connectivity index (χ0v) is 19.6. The van der Waals surface area contributed by atoms with Crippen molar-refractivity contribution in [2.45, 2.75) is 37.5 Å². The van der Waals surface area contributed by atoms with Crippen molar-refractivity contribution >= 4 is 57.5 Å². The van der Waals surface area contributed by atoms with E-state index in [9.17, 15) is 19.2 Å². The van der Waals surface area contributed by atoms with Gasteiger partial charge in [0.15, 0.2) is 0 Å². The monoisotopic (exact) mass is 488 g/mol. The molecule has 8 nitrogen and oxygen atoms in total. The molecule has 2 aromatic rings. The van der Waals surface area contributed by atoms with Gasteiger partial charge < -0.3 is 20.5 Å². The zero-order chi connectivity index (χ0) is 23.8. The van der Waals surface area contributed by atoms with Gasteiger partial charge in [0.05, 0.1) is 17.9 Å². The summed E-state index contributed by atoms with van der Waals surface area (Å²) in [4.78, 5) is 49.3. The Hall–Kier alpha value is -3.11. The molecule has 0 bridgehead atoms. The standard InChI is InChI=1S/C23H24N2O6S2/c1-2-31-23(30)21-16-8-3-4-9-17(16)33-22(21)25-19(27)13-32-15-7-5-6-14(12-15)24-18(26)10-11-20(28)29/h5-7,10-12H,2-4,8-9,13H2,1H3,(H,24,26)(H,25,27)(H,28,29)/b11-10+. The third kappa shape index (κ3) is 6.93. The van der Waals surface area contributed by atoms with Crippen molar-refractivity contribution in [3.8, 4) is 0 Å². The lowest BCUT2D eigenvalue weighted by atomic mass is 9.95. The number of hydrogen-bond donors (Lipinski definition) is 3. The lowest BCUT2D eigenvalue weighted by molar-refractivity contribution is -0.131. The first kappa shape index (κ1) is 24.5. The molecule has 1 aliphatic rings. The molecule has 0 fully saturated rings. The van der Waals surface area contributed by atoms with Crippen molar-refractivity contribution in [2.24, 2.45) is 0 Å². The minimum absolute atomic E-state index is 0.112. The lowest BCUT2D eigenvalue weighted by Gasteiger charge is -2.12. The highest BCUT2D eigenvalue weighted by atomic mass is 32.2. The number of hydrogen-bond acceptors (Lipinski definition) is 7. The van der Waals surface area contributed by atoms with Crippen molar-refractivity contribution in [1.29, 1.82) is 0 Å². The summed E-state index contributed by atoms with van der Waals surface area (Å²) in [6.45, 7) is 2.02. The predicted octanol–water partition coefficient (Wildman–Crippen LogP) is 4.11. The SMILES string of the molecule is CCOC(=O)c1c(NC(=O)CSc2cccc(NC(=O)/C=C/C(=O)O)c2)sc2c1CCCC2. The van der Waals surface area contributed by atoms with E-state index in [4.69, 9.17) is 9.84 Å². The largest absolute Gasteiger partial charge is 0.478 e. The van der Waals surface area contributed by atoms with Crippen LogP contribution in [-0.2, 0) is 32.0 Å². The number of thiophene rings is 1. The van der Waals surface area contributed by atoms with E-state index in [2.05, 4.69) is 10.6 Å². The number of aryl methyl sites for hydroxylation is 1. The van der Waals surface area contributed by atoms with Crippen LogP contribution in [0.25, 0.3) is 0 Å². The predicted molar refractivity (Wildman–Crippen MR) is 128 cm³/mol. The molecule has 33 heavy (non-hydrogen) atoms. The first-order valence-corrected chi connectivity index (χ1v) is 12.2. The van der Waals surface area contributed by atoms with Gasteiger partial charge in [-0.1, -0.05) is 6.07 Å². The van der Waals surface area contributed by atoms with E-state index in [1.165, 1.54) is 23.1 Å². The highest BCUT2D eigenvalue weighted by molar-refractivity contribution is 8.00. The second-order valence-electron chi connectivity index (χ2n) is 7.16. The van der Waals surface area contributed by atoms with Crippen LogP contribution in [0.15, 0.2) is 41.3 Å². The fourth-order valence-corrected chi connectivity index (χ4v) is 5.43. The van der Waals surface area contributed by atoms with Gasteiger partial charge in [-0.2, -0.15) is 0 Å². The minimum Gasteiger partial charge on any atom is -0.478 e. The molecule has 3 N–H and O–H groups in total. The number of ether oxygens (including phenoxy) is 1.